The van der Waals surface area contributed by atoms with Crippen LogP contribution in [0.15, 0.2) is 29.6 Å². The Morgan fingerprint density at radius 3 is 2.73 bits per heavy atom. The first kappa shape index (κ1) is 16.0. The Kier molecular flexibility index (Phi) is 5.48. The van der Waals surface area contributed by atoms with E-state index in [-0.39, 0.29) is 24.6 Å². The van der Waals surface area contributed by atoms with Gasteiger partial charge in [0, 0.05) is 11.1 Å². The zero-order chi connectivity index (χ0) is 15.9. The molecule has 0 radical (unpaired) electrons. The van der Waals surface area contributed by atoms with Crippen molar-refractivity contribution >= 4 is 28.9 Å². The summed E-state index contributed by atoms with van der Waals surface area (Å²) in [7, 11) is 0. The molecule has 3 N–H and O–H groups in total. The molecule has 116 valence electrons. The van der Waals surface area contributed by atoms with E-state index in [1.165, 1.54) is 11.3 Å². The van der Waals surface area contributed by atoms with Crippen molar-refractivity contribution in [3.8, 4) is 0 Å². The molecule has 2 aromatic rings. The van der Waals surface area contributed by atoms with Gasteiger partial charge in [0.1, 0.15) is 5.01 Å². The van der Waals surface area contributed by atoms with Gasteiger partial charge in [0.15, 0.2) is 5.69 Å². The quantitative estimate of drug-likeness (QED) is 0.625. The highest BCUT2D eigenvalue weighted by molar-refractivity contribution is 7.09. The van der Waals surface area contributed by atoms with Crippen LogP contribution in [0.3, 0.4) is 0 Å². The van der Waals surface area contributed by atoms with Crippen LogP contribution in [-0.2, 0) is 22.5 Å². The summed E-state index contributed by atoms with van der Waals surface area (Å²) in [5, 5.41) is 5.06. The lowest BCUT2D eigenvalue weighted by Crippen LogP contribution is -2.24. The summed E-state index contributed by atoms with van der Waals surface area (Å²) in [6.45, 7) is 2.34. The van der Waals surface area contributed by atoms with Gasteiger partial charge in [0.05, 0.1) is 19.6 Å². The number of amides is 1. The molecule has 0 aliphatic carbocycles. The zero-order valence-corrected chi connectivity index (χ0v) is 13.0. The van der Waals surface area contributed by atoms with Gasteiger partial charge < -0.3 is 15.8 Å². The molecule has 6 nitrogen and oxygen atoms in total. The van der Waals surface area contributed by atoms with Crippen molar-refractivity contribution in [3.63, 3.8) is 0 Å². The normalized spacial score (nSPS) is 10.2. The van der Waals surface area contributed by atoms with E-state index in [2.05, 4.69) is 10.3 Å². The number of anilines is 1. The second-order valence-electron chi connectivity index (χ2n) is 4.54. The Labute approximate surface area is 132 Å². The third-order valence-electron chi connectivity index (χ3n) is 2.82. The Balaban J connectivity index is 1.83. The molecule has 1 heterocycles. The summed E-state index contributed by atoms with van der Waals surface area (Å²) >= 11 is 1.31. The van der Waals surface area contributed by atoms with Gasteiger partial charge in [-0.1, -0.05) is 12.1 Å². The molecule has 0 bridgehead atoms. The number of esters is 1. The Morgan fingerprint density at radius 1 is 1.32 bits per heavy atom. The van der Waals surface area contributed by atoms with Crippen LogP contribution in [0.5, 0.6) is 0 Å². The maximum absolute atomic E-state index is 11.9. The molecular formula is C15H17N3O3S. The fraction of sp³-hybridized carbons (Fsp3) is 0.267. The number of nitrogens with two attached hydrogens (primary N) is 1. The predicted molar refractivity (Wildman–Crippen MR) is 84.5 cm³/mol. The van der Waals surface area contributed by atoms with Gasteiger partial charge in [0.25, 0.3) is 0 Å². The highest BCUT2D eigenvalue weighted by Gasteiger charge is 2.12. The average molecular weight is 319 g/mol. The fourth-order valence-electron chi connectivity index (χ4n) is 1.75. The number of hydrogen-bond acceptors (Lipinski definition) is 6. The molecule has 0 aliphatic rings. The van der Waals surface area contributed by atoms with E-state index in [0.29, 0.717) is 17.3 Å². The molecule has 7 heteroatoms. The van der Waals surface area contributed by atoms with Crippen LogP contribution < -0.4 is 11.1 Å². The van der Waals surface area contributed by atoms with Crippen molar-refractivity contribution in [2.24, 2.45) is 0 Å². The summed E-state index contributed by atoms with van der Waals surface area (Å²) in [5.41, 5.74) is 7.42. The summed E-state index contributed by atoms with van der Waals surface area (Å²) in [6, 6.07) is 7.15. The smallest absolute Gasteiger partial charge is 0.357 e. The Morgan fingerprint density at radius 2 is 2.05 bits per heavy atom. The van der Waals surface area contributed by atoms with Crippen molar-refractivity contribution in [2.75, 3.05) is 12.3 Å². The van der Waals surface area contributed by atoms with Gasteiger partial charge >= 0.3 is 5.97 Å². The van der Waals surface area contributed by atoms with Crippen LogP contribution in [0.4, 0.5) is 5.69 Å². The molecule has 0 saturated carbocycles. The first-order chi connectivity index (χ1) is 10.6. The van der Waals surface area contributed by atoms with Crippen molar-refractivity contribution in [3.05, 3.63) is 45.9 Å². The van der Waals surface area contributed by atoms with E-state index in [1.807, 2.05) is 12.1 Å². The molecule has 0 unspecified atom stereocenters. The third-order valence-corrected chi connectivity index (χ3v) is 3.67. The molecule has 0 spiro atoms. The van der Waals surface area contributed by atoms with Crippen LogP contribution in [0, 0.1) is 0 Å². The molecule has 0 saturated heterocycles. The minimum atomic E-state index is -0.446. The van der Waals surface area contributed by atoms with Gasteiger partial charge in [-0.3, -0.25) is 4.79 Å². The van der Waals surface area contributed by atoms with E-state index in [0.717, 1.165) is 5.56 Å². The summed E-state index contributed by atoms with van der Waals surface area (Å²) in [4.78, 5) is 27.5. The SMILES string of the molecule is CCOC(=O)c1csc(CNC(=O)Cc2ccc(N)cc2)n1. The van der Waals surface area contributed by atoms with Gasteiger partial charge in [0.2, 0.25) is 5.91 Å². The minimum Gasteiger partial charge on any atom is -0.461 e. The van der Waals surface area contributed by atoms with Gasteiger partial charge in [-0.2, -0.15) is 0 Å². The van der Waals surface area contributed by atoms with E-state index in [1.54, 1.807) is 24.4 Å². The number of rotatable bonds is 6. The monoisotopic (exact) mass is 319 g/mol. The number of carbonyl (C=O) groups excluding carboxylic acids is 2. The van der Waals surface area contributed by atoms with Crippen LogP contribution in [0.25, 0.3) is 0 Å². The molecule has 1 amide bonds. The highest BCUT2D eigenvalue weighted by atomic mass is 32.1. The molecule has 2 rings (SSSR count). The first-order valence-corrected chi connectivity index (χ1v) is 7.69. The van der Waals surface area contributed by atoms with Crippen LogP contribution in [0.1, 0.15) is 28.0 Å². The number of aromatic nitrogens is 1. The molecule has 1 aromatic heterocycles. The van der Waals surface area contributed by atoms with Crippen molar-refractivity contribution in [1.29, 1.82) is 0 Å². The van der Waals surface area contributed by atoms with Gasteiger partial charge in [-0.25, -0.2) is 9.78 Å². The summed E-state index contributed by atoms with van der Waals surface area (Å²) in [6.07, 6.45) is 0.274. The number of ether oxygens (including phenoxy) is 1. The predicted octanol–water partition coefficient (Wildman–Crippen LogP) is 1.76. The number of benzene rings is 1. The maximum atomic E-state index is 11.9. The Hall–Kier alpha value is -2.41. The molecule has 1 aromatic carbocycles. The van der Waals surface area contributed by atoms with E-state index >= 15 is 0 Å². The lowest BCUT2D eigenvalue weighted by Gasteiger charge is -2.04. The fourth-order valence-corrected chi connectivity index (χ4v) is 2.45. The molecule has 22 heavy (non-hydrogen) atoms. The van der Waals surface area contributed by atoms with Crippen LogP contribution >= 0.6 is 11.3 Å². The lowest BCUT2D eigenvalue weighted by atomic mass is 10.1. The highest BCUT2D eigenvalue weighted by Crippen LogP contribution is 2.11. The number of thiazole rings is 1. The number of nitrogens with zero attached hydrogens (tertiary/aromatic N) is 1. The van der Waals surface area contributed by atoms with Crippen LogP contribution in [-0.4, -0.2) is 23.5 Å². The second-order valence-corrected chi connectivity index (χ2v) is 5.48. The molecule has 0 atom stereocenters. The van der Waals surface area contributed by atoms with Gasteiger partial charge in [-0.15, -0.1) is 11.3 Å². The number of hydrogen-bond donors (Lipinski definition) is 2. The third kappa shape index (κ3) is 4.56. The largest absolute Gasteiger partial charge is 0.461 e. The zero-order valence-electron chi connectivity index (χ0n) is 12.2. The van der Waals surface area contributed by atoms with E-state index in [9.17, 15) is 9.59 Å². The molecule has 0 aliphatic heterocycles. The first-order valence-electron chi connectivity index (χ1n) is 6.81. The van der Waals surface area contributed by atoms with Crippen LogP contribution in [0.2, 0.25) is 0 Å². The average Bonchev–Trinajstić information content (AvgIpc) is 2.97. The van der Waals surface area contributed by atoms with Crippen molar-refractivity contribution < 1.29 is 14.3 Å². The summed E-state index contributed by atoms with van der Waals surface area (Å²) in [5.74, 6) is -0.559. The number of nitrogen functional groups attached to an aromatic ring is 1. The maximum Gasteiger partial charge on any atom is 0.357 e. The standard InChI is InChI=1S/C15H17N3O3S/c1-2-21-15(20)12-9-22-14(18-12)8-17-13(19)7-10-3-5-11(16)6-4-10/h3-6,9H,2,7-8,16H2,1H3,(H,17,19). The van der Waals surface area contributed by atoms with Gasteiger partial charge in [-0.05, 0) is 24.6 Å². The lowest BCUT2D eigenvalue weighted by molar-refractivity contribution is -0.120. The second kappa shape index (κ2) is 7.56. The number of carbonyl (C=O) groups is 2. The number of nitrogens with one attached hydrogen (secondary N) is 1. The minimum absolute atomic E-state index is 0.113. The molecule has 0 fully saturated rings. The van der Waals surface area contributed by atoms with E-state index < -0.39 is 5.97 Å². The topological polar surface area (TPSA) is 94.3 Å². The molecular weight excluding hydrogens is 302 g/mol. The summed E-state index contributed by atoms with van der Waals surface area (Å²) < 4.78 is 4.86. The van der Waals surface area contributed by atoms with Crippen molar-refractivity contribution in [1.82, 2.24) is 10.3 Å². The van der Waals surface area contributed by atoms with E-state index in [4.69, 9.17) is 10.5 Å². The Bertz CT molecular complexity index is 652. The van der Waals surface area contributed by atoms with Crippen molar-refractivity contribution in [2.45, 2.75) is 19.9 Å².